The van der Waals surface area contributed by atoms with Crippen molar-refractivity contribution in [2.75, 3.05) is 25.9 Å². The lowest BCUT2D eigenvalue weighted by molar-refractivity contribution is -0.0323. The maximum absolute atomic E-state index is 12.2. The van der Waals surface area contributed by atoms with Crippen molar-refractivity contribution >= 4 is 15.2 Å². The van der Waals surface area contributed by atoms with E-state index in [1.54, 1.807) is 13.8 Å². The molecule has 0 radical (unpaired) electrons. The van der Waals surface area contributed by atoms with Gasteiger partial charge in [0.1, 0.15) is 49.3 Å². The summed E-state index contributed by atoms with van der Waals surface area (Å²) in [6, 6.07) is 0. The second kappa shape index (κ2) is 8.66. The van der Waals surface area contributed by atoms with Crippen LogP contribution in [0.1, 0.15) is 13.8 Å². The van der Waals surface area contributed by atoms with Gasteiger partial charge in [0.2, 0.25) is 0 Å². The molecule has 0 aromatic carbocycles. The van der Waals surface area contributed by atoms with Crippen molar-refractivity contribution < 1.29 is 57.1 Å². The average Bonchev–Trinajstić information content (AvgIpc) is 3.03. The zero-order valence-electron chi connectivity index (χ0n) is 15.4. The Morgan fingerprint density at radius 1 is 0.750 bits per heavy atom. The van der Waals surface area contributed by atoms with Gasteiger partial charge in [0.05, 0.1) is 25.4 Å². The first kappa shape index (κ1) is 22.7. The zero-order chi connectivity index (χ0) is 20.7. The van der Waals surface area contributed by atoms with Crippen molar-refractivity contribution in [3.63, 3.8) is 0 Å². The maximum atomic E-state index is 12.2. The lowest BCUT2D eigenvalue weighted by atomic mass is 10.1. The lowest BCUT2D eigenvalue weighted by Crippen LogP contribution is -2.38. The van der Waals surface area contributed by atoms with Crippen LogP contribution < -0.4 is 0 Å². The Morgan fingerprint density at radius 2 is 1.11 bits per heavy atom. The first-order valence-electron chi connectivity index (χ1n) is 8.82. The van der Waals surface area contributed by atoms with Crippen LogP contribution in [0.15, 0.2) is 0 Å². The number of hydrogen-bond donors (Lipinski definition) is 4. The predicted molar refractivity (Wildman–Crippen MR) is 91.7 cm³/mol. The fourth-order valence-electron chi connectivity index (χ4n) is 3.40. The molecule has 164 valence electrons. The summed E-state index contributed by atoms with van der Waals surface area (Å²) >= 11 is 0. The van der Waals surface area contributed by atoms with E-state index in [4.69, 9.17) is 28.0 Å². The second-order valence-corrected chi connectivity index (χ2v) is 10.7. The number of fused-ring (bicyclic) bond motifs is 4. The van der Waals surface area contributed by atoms with Crippen molar-refractivity contribution in [3.8, 4) is 0 Å². The van der Waals surface area contributed by atoms with Gasteiger partial charge in [0.15, 0.2) is 0 Å². The molecule has 3 heterocycles. The molecule has 10 unspecified atom stereocenters. The Balaban J connectivity index is 1.76. The van der Waals surface area contributed by atoms with Gasteiger partial charge in [0, 0.05) is 0 Å². The minimum Gasteiger partial charge on any atom is -0.387 e. The Hall–Kier alpha value is 0.0600. The highest BCUT2D eigenvalue weighted by molar-refractivity contribution is 7.52. The standard InChI is InChI=1S/C14H26O12P2/c1-7-13-11(15)9(25-7)3-23-28(19,20)6-22-14-8(2)26-10(12(14)16)4-24-27(17,18)5-21-13/h7-16H,3-6H2,1-2H3,(H,17,18)(H,19,20). The van der Waals surface area contributed by atoms with Crippen molar-refractivity contribution in [2.24, 2.45) is 0 Å². The highest BCUT2D eigenvalue weighted by Gasteiger charge is 2.47. The van der Waals surface area contributed by atoms with Gasteiger partial charge in [0.25, 0.3) is 0 Å². The van der Waals surface area contributed by atoms with Crippen LogP contribution in [0.25, 0.3) is 0 Å². The van der Waals surface area contributed by atoms with Gasteiger partial charge in [-0.25, -0.2) is 0 Å². The molecule has 10 atom stereocenters. The van der Waals surface area contributed by atoms with Crippen molar-refractivity contribution in [1.82, 2.24) is 0 Å². The summed E-state index contributed by atoms with van der Waals surface area (Å²) in [5.41, 5.74) is 0. The molecule has 3 saturated heterocycles. The minimum atomic E-state index is -4.20. The number of aliphatic hydroxyl groups is 2. The van der Waals surface area contributed by atoms with E-state index >= 15 is 0 Å². The normalized spacial score (nSPS) is 53.9. The molecule has 0 aliphatic carbocycles. The third kappa shape index (κ3) is 5.21. The summed E-state index contributed by atoms with van der Waals surface area (Å²) < 4.78 is 56.0. The number of aliphatic hydroxyl groups excluding tert-OH is 2. The molecule has 12 nitrogen and oxygen atoms in total. The molecular weight excluding hydrogens is 422 g/mol. The van der Waals surface area contributed by atoms with Gasteiger partial charge < -0.3 is 48.0 Å². The molecule has 4 N–H and O–H groups in total. The van der Waals surface area contributed by atoms with Crippen LogP contribution in [0.3, 0.4) is 0 Å². The van der Waals surface area contributed by atoms with E-state index in [1.165, 1.54) is 0 Å². The summed E-state index contributed by atoms with van der Waals surface area (Å²) in [7, 11) is -8.41. The zero-order valence-corrected chi connectivity index (χ0v) is 17.2. The molecule has 3 fully saturated rings. The average molecular weight is 448 g/mol. The fourth-order valence-corrected chi connectivity index (χ4v) is 5.03. The largest absolute Gasteiger partial charge is 0.387 e. The predicted octanol–water partition coefficient (Wildman–Crippen LogP) is -0.614. The molecule has 4 bridgehead atoms. The highest BCUT2D eigenvalue weighted by Crippen LogP contribution is 2.46. The number of ether oxygens (including phenoxy) is 4. The van der Waals surface area contributed by atoms with E-state index in [0.29, 0.717) is 0 Å². The minimum absolute atomic E-state index is 0.419. The fraction of sp³-hybridized carbons (Fsp3) is 1.00. The quantitative estimate of drug-likeness (QED) is 0.347. The first-order valence-corrected chi connectivity index (χ1v) is 12.3. The summed E-state index contributed by atoms with van der Waals surface area (Å²) in [4.78, 5) is 19.9. The van der Waals surface area contributed by atoms with E-state index in [2.05, 4.69) is 0 Å². The third-order valence-corrected chi connectivity index (χ3v) is 6.94. The van der Waals surface area contributed by atoms with Crippen molar-refractivity contribution in [3.05, 3.63) is 0 Å². The molecular formula is C14H26O12P2. The molecule has 0 saturated carbocycles. The van der Waals surface area contributed by atoms with Gasteiger partial charge in [-0.1, -0.05) is 0 Å². The van der Waals surface area contributed by atoms with Crippen LogP contribution in [0.2, 0.25) is 0 Å². The van der Waals surface area contributed by atoms with Gasteiger partial charge >= 0.3 is 15.2 Å². The SMILES string of the molecule is CC1OC2COP(=O)(O)COC3C(C)OC(COP(=O)(O)COC1C2O)C3O. The molecule has 3 rings (SSSR count). The van der Waals surface area contributed by atoms with Crippen LogP contribution in [-0.4, -0.2) is 94.7 Å². The topological polar surface area (TPSA) is 170 Å². The summed E-state index contributed by atoms with van der Waals surface area (Å²) in [6.45, 7) is 2.32. The Labute approximate surface area is 161 Å². The molecule has 14 heteroatoms. The Kier molecular flexibility index (Phi) is 7.03. The van der Waals surface area contributed by atoms with Crippen molar-refractivity contribution in [1.29, 1.82) is 0 Å². The first-order chi connectivity index (χ1) is 13.0. The molecule has 0 aromatic rings. The van der Waals surface area contributed by atoms with Gasteiger partial charge in [-0.2, -0.15) is 0 Å². The summed E-state index contributed by atoms with van der Waals surface area (Å²) in [6.07, 6.45) is -9.11. The summed E-state index contributed by atoms with van der Waals surface area (Å²) in [5.74, 6) is 0. The van der Waals surface area contributed by atoms with Gasteiger partial charge in [-0.3, -0.25) is 9.13 Å². The Bertz CT molecular complexity index is 592. The smallest absolute Gasteiger partial charge is 0.353 e. The number of rotatable bonds is 0. The second-order valence-electron chi connectivity index (χ2n) is 7.13. The molecule has 0 spiro atoms. The molecule has 0 aromatic heterocycles. The van der Waals surface area contributed by atoms with E-state index in [1.807, 2.05) is 0 Å². The van der Waals surface area contributed by atoms with Crippen LogP contribution in [0, 0.1) is 0 Å². The van der Waals surface area contributed by atoms with Crippen LogP contribution in [0.4, 0.5) is 0 Å². The molecule has 0 amide bonds. The molecule has 3 aliphatic heterocycles. The van der Waals surface area contributed by atoms with E-state index in [9.17, 15) is 29.1 Å². The Morgan fingerprint density at radius 3 is 1.46 bits per heavy atom. The third-order valence-electron chi connectivity index (χ3n) is 4.88. The van der Waals surface area contributed by atoms with Crippen LogP contribution in [-0.2, 0) is 37.1 Å². The van der Waals surface area contributed by atoms with E-state index < -0.39 is 89.9 Å². The molecule has 3 aliphatic rings. The lowest BCUT2D eigenvalue weighted by Gasteiger charge is -2.24. The van der Waals surface area contributed by atoms with Gasteiger partial charge in [-0.05, 0) is 13.8 Å². The van der Waals surface area contributed by atoms with Crippen LogP contribution in [0.5, 0.6) is 0 Å². The molecule has 28 heavy (non-hydrogen) atoms. The van der Waals surface area contributed by atoms with E-state index in [-0.39, 0.29) is 0 Å². The summed E-state index contributed by atoms with van der Waals surface area (Å²) in [5, 5.41) is 20.6. The van der Waals surface area contributed by atoms with Gasteiger partial charge in [-0.15, -0.1) is 0 Å². The van der Waals surface area contributed by atoms with Crippen molar-refractivity contribution in [2.45, 2.75) is 62.7 Å². The maximum Gasteiger partial charge on any atom is 0.353 e. The van der Waals surface area contributed by atoms with Crippen LogP contribution >= 0.6 is 15.2 Å². The highest BCUT2D eigenvalue weighted by atomic mass is 31.2. The van der Waals surface area contributed by atoms with E-state index in [0.717, 1.165) is 0 Å². The monoisotopic (exact) mass is 448 g/mol. The number of hydrogen-bond acceptors (Lipinski definition) is 10.